The Morgan fingerprint density at radius 2 is 1.71 bits per heavy atom. The van der Waals surface area contributed by atoms with Crippen molar-refractivity contribution in [2.24, 2.45) is 0 Å². The number of ether oxygens (including phenoxy) is 2. The molecule has 0 amide bonds. The topological polar surface area (TPSA) is 38.7 Å². The minimum absolute atomic E-state index is 0.0166. The van der Waals surface area contributed by atoms with Crippen LogP contribution >= 0.6 is 0 Å². The Morgan fingerprint density at radius 3 is 2.33 bits per heavy atom. The third-order valence-electron chi connectivity index (χ3n) is 3.38. The molecule has 2 aromatic rings. The van der Waals surface area contributed by atoms with Gasteiger partial charge in [0.15, 0.2) is 0 Å². The predicted molar refractivity (Wildman–Crippen MR) is 83.7 cm³/mol. The van der Waals surface area contributed by atoms with E-state index in [-0.39, 0.29) is 6.61 Å². The number of aryl methyl sites for hydroxylation is 1. The monoisotopic (exact) mass is 286 g/mol. The van der Waals surface area contributed by atoms with E-state index in [1.807, 2.05) is 30.3 Å². The van der Waals surface area contributed by atoms with E-state index >= 15 is 0 Å². The standard InChI is InChI=1S/C18H22O3/c1-3-4-14-5-8-17(9-6-14)21-13-16-11-15(12-19)7-10-18(16)20-2/h5-11,19H,3-4,12-13H2,1-2H3. The molecule has 2 aromatic carbocycles. The molecule has 0 aliphatic heterocycles. The fourth-order valence-corrected chi connectivity index (χ4v) is 2.25. The fourth-order valence-electron chi connectivity index (χ4n) is 2.25. The van der Waals surface area contributed by atoms with Crippen molar-refractivity contribution in [2.75, 3.05) is 7.11 Å². The number of aliphatic hydroxyl groups excluding tert-OH is 1. The second kappa shape index (κ2) is 7.70. The van der Waals surface area contributed by atoms with Crippen LogP contribution in [-0.2, 0) is 19.6 Å². The van der Waals surface area contributed by atoms with Crippen molar-refractivity contribution in [3.63, 3.8) is 0 Å². The van der Waals surface area contributed by atoms with Crippen LogP contribution in [0.15, 0.2) is 42.5 Å². The molecule has 0 spiro atoms. The molecule has 3 nitrogen and oxygen atoms in total. The molecule has 0 aromatic heterocycles. The highest BCUT2D eigenvalue weighted by atomic mass is 16.5. The van der Waals surface area contributed by atoms with Crippen LogP contribution < -0.4 is 9.47 Å². The summed E-state index contributed by atoms with van der Waals surface area (Å²) in [5, 5.41) is 9.21. The van der Waals surface area contributed by atoms with Gasteiger partial charge < -0.3 is 14.6 Å². The first-order valence-electron chi connectivity index (χ1n) is 7.25. The number of aliphatic hydroxyl groups is 1. The van der Waals surface area contributed by atoms with Crippen LogP contribution in [0, 0.1) is 0 Å². The quantitative estimate of drug-likeness (QED) is 0.843. The zero-order valence-corrected chi connectivity index (χ0v) is 12.6. The molecule has 112 valence electrons. The fraction of sp³-hybridized carbons (Fsp3) is 0.333. The van der Waals surface area contributed by atoms with E-state index in [2.05, 4.69) is 19.1 Å². The van der Waals surface area contributed by atoms with Gasteiger partial charge in [0.05, 0.1) is 13.7 Å². The Hall–Kier alpha value is -2.00. The molecule has 0 saturated heterocycles. The van der Waals surface area contributed by atoms with Gasteiger partial charge in [-0.3, -0.25) is 0 Å². The molecule has 0 saturated carbocycles. The zero-order valence-electron chi connectivity index (χ0n) is 12.6. The zero-order chi connectivity index (χ0) is 15.1. The van der Waals surface area contributed by atoms with Gasteiger partial charge >= 0.3 is 0 Å². The molecule has 0 aliphatic rings. The van der Waals surface area contributed by atoms with Gasteiger partial charge in [-0.05, 0) is 41.8 Å². The van der Waals surface area contributed by atoms with Crippen LogP contribution in [0.2, 0.25) is 0 Å². The summed E-state index contributed by atoms with van der Waals surface area (Å²) in [6.07, 6.45) is 2.23. The number of methoxy groups -OCH3 is 1. The summed E-state index contributed by atoms with van der Waals surface area (Å²) in [4.78, 5) is 0. The minimum Gasteiger partial charge on any atom is -0.496 e. The summed E-state index contributed by atoms with van der Waals surface area (Å²) in [5.41, 5.74) is 3.11. The van der Waals surface area contributed by atoms with Gasteiger partial charge in [-0.15, -0.1) is 0 Å². The van der Waals surface area contributed by atoms with E-state index in [0.29, 0.717) is 6.61 Å². The maximum Gasteiger partial charge on any atom is 0.125 e. The minimum atomic E-state index is 0.0166. The van der Waals surface area contributed by atoms with Gasteiger partial charge in [-0.2, -0.15) is 0 Å². The molecule has 2 rings (SSSR count). The Labute approximate surface area is 126 Å². The summed E-state index contributed by atoms with van der Waals surface area (Å²) in [6.45, 7) is 2.61. The summed E-state index contributed by atoms with van der Waals surface area (Å²) in [7, 11) is 1.64. The first kappa shape index (κ1) is 15.4. The Balaban J connectivity index is 2.04. The average molecular weight is 286 g/mol. The van der Waals surface area contributed by atoms with Crippen LogP contribution in [0.25, 0.3) is 0 Å². The molecule has 0 fully saturated rings. The van der Waals surface area contributed by atoms with Crippen molar-refractivity contribution in [1.82, 2.24) is 0 Å². The first-order valence-corrected chi connectivity index (χ1v) is 7.25. The highest BCUT2D eigenvalue weighted by Gasteiger charge is 2.05. The van der Waals surface area contributed by atoms with Crippen LogP contribution in [0.5, 0.6) is 11.5 Å². The highest BCUT2D eigenvalue weighted by Crippen LogP contribution is 2.22. The van der Waals surface area contributed by atoms with E-state index in [1.54, 1.807) is 7.11 Å². The molecule has 21 heavy (non-hydrogen) atoms. The number of rotatable bonds is 7. The highest BCUT2D eigenvalue weighted by molar-refractivity contribution is 5.37. The number of hydrogen-bond acceptors (Lipinski definition) is 3. The van der Waals surface area contributed by atoms with Crippen molar-refractivity contribution in [2.45, 2.75) is 33.0 Å². The molecule has 0 bridgehead atoms. The number of benzene rings is 2. The molecule has 1 N–H and O–H groups in total. The van der Waals surface area contributed by atoms with Crippen molar-refractivity contribution >= 4 is 0 Å². The molecule has 0 unspecified atom stereocenters. The van der Waals surface area contributed by atoms with Crippen molar-refractivity contribution in [1.29, 1.82) is 0 Å². The molecular formula is C18H22O3. The lowest BCUT2D eigenvalue weighted by atomic mass is 10.1. The van der Waals surface area contributed by atoms with E-state index in [1.165, 1.54) is 5.56 Å². The van der Waals surface area contributed by atoms with E-state index < -0.39 is 0 Å². The van der Waals surface area contributed by atoms with E-state index in [9.17, 15) is 5.11 Å². The SMILES string of the molecule is CCCc1ccc(OCc2cc(CO)ccc2OC)cc1. The second-order valence-corrected chi connectivity index (χ2v) is 4.99. The largest absolute Gasteiger partial charge is 0.496 e. The van der Waals surface area contributed by atoms with Crippen molar-refractivity contribution < 1.29 is 14.6 Å². The third kappa shape index (κ3) is 4.23. The maximum atomic E-state index is 9.21. The van der Waals surface area contributed by atoms with Crippen LogP contribution in [0.4, 0.5) is 0 Å². The first-order chi connectivity index (χ1) is 10.3. The average Bonchev–Trinajstić information content (AvgIpc) is 2.54. The second-order valence-electron chi connectivity index (χ2n) is 4.99. The van der Waals surface area contributed by atoms with Crippen LogP contribution in [0.1, 0.15) is 30.0 Å². The normalized spacial score (nSPS) is 10.4. The lowest BCUT2D eigenvalue weighted by Crippen LogP contribution is -2.00. The van der Waals surface area contributed by atoms with Gasteiger partial charge in [0.1, 0.15) is 18.1 Å². The lowest BCUT2D eigenvalue weighted by Gasteiger charge is -2.12. The van der Waals surface area contributed by atoms with Crippen molar-refractivity contribution in [3.05, 3.63) is 59.2 Å². The van der Waals surface area contributed by atoms with Crippen LogP contribution in [-0.4, -0.2) is 12.2 Å². The summed E-state index contributed by atoms with van der Waals surface area (Å²) in [6, 6.07) is 13.8. The van der Waals surface area contributed by atoms with Gasteiger partial charge in [0, 0.05) is 5.56 Å². The van der Waals surface area contributed by atoms with E-state index in [4.69, 9.17) is 9.47 Å². The lowest BCUT2D eigenvalue weighted by molar-refractivity contribution is 0.278. The molecule has 0 heterocycles. The molecular weight excluding hydrogens is 264 g/mol. The maximum absolute atomic E-state index is 9.21. The van der Waals surface area contributed by atoms with Crippen LogP contribution in [0.3, 0.4) is 0 Å². The summed E-state index contributed by atoms with van der Waals surface area (Å²) >= 11 is 0. The van der Waals surface area contributed by atoms with Gasteiger partial charge in [-0.1, -0.05) is 31.5 Å². The van der Waals surface area contributed by atoms with E-state index in [0.717, 1.165) is 35.5 Å². The van der Waals surface area contributed by atoms with Gasteiger partial charge in [-0.25, -0.2) is 0 Å². The third-order valence-corrected chi connectivity index (χ3v) is 3.38. The number of hydrogen-bond donors (Lipinski definition) is 1. The van der Waals surface area contributed by atoms with Gasteiger partial charge in [0.2, 0.25) is 0 Å². The van der Waals surface area contributed by atoms with Gasteiger partial charge in [0.25, 0.3) is 0 Å². The molecule has 3 heteroatoms. The van der Waals surface area contributed by atoms with Crippen molar-refractivity contribution in [3.8, 4) is 11.5 Å². The molecule has 0 aliphatic carbocycles. The molecule has 0 atom stereocenters. The summed E-state index contributed by atoms with van der Waals surface area (Å²) in [5.74, 6) is 1.61. The molecule has 0 radical (unpaired) electrons. The predicted octanol–water partition coefficient (Wildman–Crippen LogP) is 3.72. The Kier molecular flexibility index (Phi) is 5.64. The summed E-state index contributed by atoms with van der Waals surface area (Å²) < 4.78 is 11.1. The Morgan fingerprint density at radius 1 is 1.00 bits per heavy atom. The smallest absolute Gasteiger partial charge is 0.125 e. The Bertz CT molecular complexity index is 561.